The fourth-order valence-corrected chi connectivity index (χ4v) is 6.88. The van der Waals surface area contributed by atoms with E-state index in [1.54, 1.807) is 0 Å². The molecule has 2 rings (SSSR count). The molecule has 1 saturated carbocycles. The Morgan fingerprint density at radius 3 is 2.93 bits per heavy atom. The third-order valence-electron chi connectivity index (χ3n) is 3.36. The van der Waals surface area contributed by atoms with Crippen molar-refractivity contribution >= 4 is 27.6 Å². The van der Waals surface area contributed by atoms with Crippen LogP contribution in [0.15, 0.2) is 19.3 Å². The maximum absolute atomic E-state index is 11.0. The molecule has 0 aromatic rings. The van der Waals surface area contributed by atoms with Gasteiger partial charge in [-0.3, -0.25) is 0 Å². The van der Waals surface area contributed by atoms with Gasteiger partial charge in [0.1, 0.15) is 0 Å². The summed E-state index contributed by atoms with van der Waals surface area (Å²) in [6, 6.07) is 0. The van der Waals surface area contributed by atoms with E-state index in [-0.39, 0.29) is 17.2 Å². The van der Waals surface area contributed by atoms with Crippen LogP contribution in [0.2, 0.25) is 0 Å². The molecule has 0 spiro atoms. The molecular formula is C10H15InN2O. The number of carbonyl (C=O) groups excluding carboxylic acids is 1. The summed E-state index contributed by atoms with van der Waals surface area (Å²) >= 11 is -1.92. The van der Waals surface area contributed by atoms with Crippen LogP contribution in [0, 0.1) is 11.3 Å². The molecule has 14 heavy (non-hydrogen) atoms. The zero-order valence-electron chi connectivity index (χ0n) is 8.36. The van der Waals surface area contributed by atoms with Gasteiger partial charge in [0, 0.05) is 0 Å². The van der Waals surface area contributed by atoms with Gasteiger partial charge in [-0.05, 0) is 0 Å². The van der Waals surface area contributed by atoms with Gasteiger partial charge >= 0.3 is 92.3 Å². The SMILES string of the molecule is CC1(C[C]2=CC=[CH][In]2[NH2])CC1C(N)=O. The summed E-state index contributed by atoms with van der Waals surface area (Å²) in [4.78, 5) is 11.0. The molecule has 1 amide bonds. The Morgan fingerprint density at radius 1 is 1.79 bits per heavy atom. The molecule has 1 fully saturated rings. The molecule has 2 atom stereocenters. The minimum atomic E-state index is -1.92. The summed E-state index contributed by atoms with van der Waals surface area (Å²) in [6.45, 7) is 2.14. The first-order valence-corrected chi connectivity index (χ1v) is 10.4. The molecule has 1 aliphatic carbocycles. The van der Waals surface area contributed by atoms with Gasteiger partial charge in [0.05, 0.1) is 0 Å². The standard InChI is InChI=1S/C10H13NO.In.H2N/c1-3-4-5-6-10(2)7-8(10)9(11)12;;/h1,3-4,8H,6-7H2,2H3,(H2,11,12);;1H2/q;+1;-1. The number of nitrogens with two attached hydrogens (primary N) is 2. The fourth-order valence-electron chi connectivity index (χ4n) is 2.22. The maximum atomic E-state index is 11.0. The zero-order valence-corrected chi connectivity index (χ0v) is 11.7. The van der Waals surface area contributed by atoms with Gasteiger partial charge in [0.15, 0.2) is 0 Å². The third-order valence-corrected chi connectivity index (χ3v) is 8.75. The molecule has 0 aromatic heterocycles. The summed E-state index contributed by atoms with van der Waals surface area (Å²) < 4.78 is 9.69. The van der Waals surface area contributed by atoms with Gasteiger partial charge in [0.2, 0.25) is 0 Å². The molecule has 0 aromatic carbocycles. The summed E-state index contributed by atoms with van der Waals surface area (Å²) in [5.74, 6) is -0.0645. The van der Waals surface area contributed by atoms with Crippen LogP contribution in [-0.4, -0.2) is 27.6 Å². The predicted molar refractivity (Wildman–Crippen MR) is 57.2 cm³/mol. The van der Waals surface area contributed by atoms with Crippen molar-refractivity contribution in [3.8, 4) is 0 Å². The van der Waals surface area contributed by atoms with E-state index in [0.717, 1.165) is 12.8 Å². The number of allylic oxidation sites excluding steroid dienone is 3. The quantitative estimate of drug-likeness (QED) is 0.791. The van der Waals surface area contributed by atoms with Crippen LogP contribution in [0.5, 0.6) is 0 Å². The Balaban J connectivity index is 1.97. The number of rotatable bonds is 3. The van der Waals surface area contributed by atoms with Gasteiger partial charge in [-0.25, -0.2) is 0 Å². The summed E-state index contributed by atoms with van der Waals surface area (Å²) in [5, 5.41) is 0. The van der Waals surface area contributed by atoms with Crippen molar-refractivity contribution in [2.24, 2.45) is 20.8 Å². The van der Waals surface area contributed by atoms with E-state index in [1.807, 2.05) is 0 Å². The van der Waals surface area contributed by atoms with Crippen molar-refractivity contribution in [2.45, 2.75) is 19.8 Å². The molecule has 0 bridgehead atoms. The molecule has 1 heterocycles. The third kappa shape index (κ3) is 1.77. The van der Waals surface area contributed by atoms with Gasteiger partial charge in [-0.15, -0.1) is 0 Å². The van der Waals surface area contributed by atoms with Crippen LogP contribution in [-0.2, 0) is 4.79 Å². The van der Waals surface area contributed by atoms with Gasteiger partial charge in [-0.2, -0.15) is 0 Å². The summed E-state index contributed by atoms with van der Waals surface area (Å²) in [5.41, 5.74) is 5.42. The van der Waals surface area contributed by atoms with Crippen LogP contribution >= 0.6 is 0 Å². The van der Waals surface area contributed by atoms with Gasteiger partial charge in [0.25, 0.3) is 0 Å². The van der Waals surface area contributed by atoms with Crippen molar-refractivity contribution in [1.82, 2.24) is 0 Å². The van der Waals surface area contributed by atoms with Crippen LogP contribution in [0.25, 0.3) is 0 Å². The van der Waals surface area contributed by atoms with Crippen molar-refractivity contribution in [3.05, 3.63) is 19.3 Å². The molecule has 0 saturated heterocycles. The second-order valence-electron chi connectivity index (χ2n) is 4.64. The molecule has 4 heteroatoms. The molecule has 0 radical (unpaired) electrons. The van der Waals surface area contributed by atoms with Crippen LogP contribution in [0.1, 0.15) is 19.8 Å². The van der Waals surface area contributed by atoms with E-state index in [9.17, 15) is 4.79 Å². The van der Waals surface area contributed by atoms with Crippen molar-refractivity contribution in [3.63, 3.8) is 0 Å². The molecule has 4 N–H and O–H groups in total. The van der Waals surface area contributed by atoms with E-state index in [2.05, 4.69) is 22.9 Å². The molecular weight excluding hydrogens is 279 g/mol. The monoisotopic (exact) mass is 294 g/mol. The van der Waals surface area contributed by atoms with Crippen molar-refractivity contribution in [1.29, 1.82) is 0 Å². The van der Waals surface area contributed by atoms with Gasteiger partial charge < -0.3 is 0 Å². The van der Waals surface area contributed by atoms with Crippen LogP contribution < -0.4 is 9.46 Å². The van der Waals surface area contributed by atoms with Crippen LogP contribution in [0.4, 0.5) is 0 Å². The topological polar surface area (TPSA) is 69.1 Å². The van der Waals surface area contributed by atoms with E-state index in [4.69, 9.17) is 9.46 Å². The normalized spacial score (nSPS) is 34.6. The number of carbonyl (C=O) groups is 1. The number of hydrogen-bond acceptors (Lipinski definition) is 2. The Morgan fingerprint density at radius 2 is 2.50 bits per heavy atom. The first-order valence-electron chi connectivity index (χ1n) is 4.95. The van der Waals surface area contributed by atoms with E-state index < -0.39 is 21.7 Å². The number of primary amides is 1. The Hall–Kier alpha value is -0.220. The van der Waals surface area contributed by atoms with Crippen LogP contribution in [0.3, 0.4) is 0 Å². The second kappa shape index (κ2) is 3.42. The summed E-state index contributed by atoms with van der Waals surface area (Å²) in [7, 11) is 0. The van der Waals surface area contributed by atoms with E-state index >= 15 is 0 Å². The molecule has 1 aliphatic heterocycles. The first kappa shape index (κ1) is 10.3. The van der Waals surface area contributed by atoms with Crippen molar-refractivity contribution < 1.29 is 4.79 Å². The Labute approximate surface area is 92.1 Å². The number of hydrogen-bond donors (Lipinski definition) is 2. The number of amides is 1. The van der Waals surface area contributed by atoms with Gasteiger partial charge in [-0.1, -0.05) is 0 Å². The van der Waals surface area contributed by atoms with E-state index in [1.165, 1.54) is 3.33 Å². The molecule has 74 valence electrons. The predicted octanol–water partition coefficient (Wildman–Crippen LogP) is 0.413. The second-order valence-corrected chi connectivity index (χ2v) is 10.9. The molecule has 2 aliphatic rings. The molecule has 2 unspecified atom stereocenters. The fraction of sp³-hybridized carbons (Fsp3) is 0.500. The minimum absolute atomic E-state index is 0.0856. The Bertz CT molecular complexity index is 337. The molecule has 3 nitrogen and oxygen atoms in total. The average Bonchev–Trinajstić information content (AvgIpc) is 2.61. The zero-order chi connectivity index (χ0) is 10.3. The average molecular weight is 294 g/mol. The van der Waals surface area contributed by atoms with E-state index in [0.29, 0.717) is 0 Å². The Kier molecular flexibility index (Phi) is 2.52. The first-order chi connectivity index (χ1) is 6.53. The summed E-state index contributed by atoms with van der Waals surface area (Å²) in [6.07, 6.45) is 6.15. The van der Waals surface area contributed by atoms with Crippen molar-refractivity contribution in [2.75, 3.05) is 0 Å².